The molecule has 0 heterocycles. The molecule has 0 unspecified atom stereocenters. The Labute approximate surface area is 157 Å². The van der Waals surface area contributed by atoms with E-state index in [0.29, 0.717) is 5.69 Å². The van der Waals surface area contributed by atoms with E-state index in [0.717, 1.165) is 11.1 Å². The number of hydrogen-bond donors (Lipinski definition) is 1. The van der Waals surface area contributed by atoms with Gasteiger partial charge in [0.05, 0.1) is 6.42 Å². The van der Waals surface area contributed by atoms with E-state index in [9.17, 15) is 24.5 Å². The van der Waals surface area contributed by atoms with Crippen molar-refractivity contribution in [2.75, 3.05) is 18.5 Å². The third-order valence-corrected chi connectivity index (χ3v) is 4.80. The molecule has 1 aromatic carbocycles. The van der Waals surface area contributed by atoms with Crippen molar-refractivity contribution in [3.63, 3.8) is 0 Å². The first-order valence-electron chi connectivity index (χ1n) is 8.84. The number of Topliss-reactive ketones (excluding diaryl/α,β-unsaturated/α-hetero) is 1. The van der Waals surface area contributed by atoms with Crippen molar-refractivity contribution in [1.82, 2.24) is 0 Å². The number of hydrogen-bond acceptors (Lipinski definition) is 6. The molecule has 0 spiro atoms. The zero-order chi connectivity index (χ0) is 20.1. The number of amides is 1. The van der Waals surface area contributed by atoms with Crippen LogP contribution in [0.5, 0.6) is 0 Å². The normalized spacial score (nSPS) is 21.7. The lowest BCUT2D eigenvalue weighted by molar-refractivity contribution is -0.490. The highest BCUT2D eigenvalue weighted by molar-refractivity contribution is 5.93. The minimum Gasteiger partial charge on any atom is -0.456 e. The summed E-state index contributed by atoms with van der Waals surface area (Å²) in [4.78, 5) is 46.4. The molecule has 27 heavy (non-hydrogen) atoms. The van der Waals surface area contributed by atoms with Gasteiger partial charge in [-0.05, 0) is 43.0 Å². The van der Waals surface area contributed by atoms with Gasteiger partial charge < -0.3 is 10.1 Å². The molecule has 1 saturated carbocycles. The fraction of sp³-hybridized carbons (Fsp3) is 0.526. The molecule has 1 aliphatic carbocycles. The Morgan fingerprint density at radius 2 is 1.89 bits per heavy atom. The number of carbonyl (C=O) groups excluding carboxylic acids is 3. The molecule has 1 aliphatic rings. The zero-order valence-corrected chi connectivity index (χ0v) is 15.7. The van der Waals surface area contributed by atoms with E-state index in [-0.39, 0.29) is 31.1 Å². The molecule has 0 radical (unpaired) electrons. The summed E-state index contributed by atoms with van der Waals surface area (Å²) in [6, 6.07) is 5.57. The van der Waals surface area contributed by atoms with Gasteiger partial charge in [0.1, 0.15) is 5.78 Å². The van der Waals surface area contributed by atoms with Crippen LogP contribution in [0.2, 0.25) is 0 Å². The molecular weight excluding hydrogens is 352 g/mol. The van der Waals surface area contributed by atoms with E-state index in [1.807, 2.05) is 19.9 Å². The summed E-state index contributed by atoms with van der Waals surface area (Å²) in [6.45, 7) is 4.77. The number of anilines is 1. The quantitative estimate of drug-likeness (QED) is 0.443. The Balaban J connectivity index is 1.86. The minimum atomic E-state index is -0.722. The van der Waals surface area contributed by atoms with Crippen LogP contribution in [0.1, 0.15) is 30.9 Å². The molecule has 1 N–H and O–H groups in total. The number of nitro groups is 1. The summed E-state index contributed by atoms with van der Waals surface area (Å²) in [7, 11) is 0. The SMILES string of the molecule is Cc1cc(C)cc(NC(=O)COC(=O)C[C@@H]2C(=O)C[C@@H](C)[C@@H]2C[N+](=O)[O-])c1. The average Bonchev–Trinajstić information content (AvgIpc) is 2.78. The number of ether oxygens (including phenoxy) is 1. The molecular formula is C19H24N2O6. The number of benzene rings is 1. The molecule has 1 amide bonds. The van der Waals surface area contributed by atoms with E-state index in [2.05, 4.69) is 5.32 Å². The third kappa shape index (κ3) is 5.87. The van der Waals surface area contributed by atoms with Gasteiger partial charge in [-0.15, -0.1) is 0 Å². The van der Waals surface area contributed by atoms with Gasteiger partial charge in [-0.2, -0.15) is 0 Å². The fourth-order valence-corrected chi connectivity index (χ4v) is 3.63. The van der Waals surface area contributed by atoms with Gasteiger partial charge in [0.2, 0.25) is 6.54 Å². The zero-order valence-electron chi connectivity index (χ0n) is 15.7. The second-order valence-corrected chi connectivity index (χ2v) is 7.22. The van der Waals surface area contributed by atoms with E-state index < -0.39 is 35.2 Å². The van der Waals surface area contributed by atoms with Gasteiger partial charge in [-0.25, -0.2) is 0 Å². The Kier molecular flexibility index (Phi) is 6.65. The minimum absolute atomic E-state index is 0.145. The van der Waals surface area contributed by atoms with Gasteiger partial charge in [-0.1, -0.05) is 13.0 Å². The number of carbonyl (C=O) groups is 3. The standard InChI is InChI=1S/C19H24N2O6/c1-11-4-12(2)6-14(5-11)20-18(23)10-27-19(24)8-15-16(9-21(25)26)13(3)7-17(15)22/h4-6,13,15-16H,7-10H2,1-3H3,(H,20,23)/t13-,15+,16+/m1/s1. The van der Waals surface area contributed by atoms with Crippen molar-refractivity contribution in [3.05, 3.63) is 39.4 Å². The van der Waals surface area contributed by atoms with Gasteiger partial charge >= 0.3 is 5.97 Å². The lowest BCUT2D eigenvalue weighted by Crippen LogP contribution is -2.28. The van der Waals surface area contributed by atoms with Crippen molar-refractivity contribution < 1.29 is 24.0 Å². The van der Waals surface area contributed by atoms with Crippen molar-refractivity contribution in [2.45, 2.75) is 33.6 Å². The summed E-state index contributed by atoms with van der Waals surface area (Å²) in [5.74, 6) is -2.70. The van der Waals surface area contributed by atoms with Gasteiger partial charge in [-0.3, -0.25) is 24.5 Å². The van der Waals surface area contributed by atoms with Crippen LogP contribution >= 0.6 is 0 Å². The maximum atomic E-state index is 12.0. The van der Waals surface area contributed by atoms with Crippen LogP contribution in [0.3, 0.4) is 0 Å². The van der Waals surface area contributed by atoms with E-state index in [1.165, 1.54) is 0 Å². The predicted octanol–water partition coefficient (Wildman–Crippen LogP) is 2.29. The molecule has 8 heteroatoms. The molecule has 146 valence electrons. The highest BCUT2D eigenvalue weighted by Gasteiger charge is 2.44. The Bertz CT molecular complexity index is 740. The second kappa shape index (κ2) is 8.75. The summed E-state index contributed by atoms with van der Waals surface area (Å²) in [5, 5.41) is 13.5. The van der Waals surface area contributed by atoms with Crippen LogP contribution in [0.15, 0.2) is 18.2 Å². The van der Waals surface area contributed by atoms with E-state index >= 15 is 0 Å². The molecule has 8 nitrogen and oxygen atoms in total. The number of ketones is 1. The van der Waals surface area contributed by atoms with E-state index in [1.54, 1.807) is 19.1 Å². The molecule has 0 saturated heterocycles. The molecule has 1 fully saturated rings. The van der Waals surface area contributed by atoms with Crippen LogP contribution in [0.25, 0.3) is 0 Å². The second-order valence-electron chi connectivity index (χ2n) is 7.22. The van der Waals surface area contributed by atoms with Crippen LogP contribution < -0.4 is 5.32 Å². The molecule has 0 aliphatic heterocycles. The monoisotopic (exact) mass is 376 g/mol. The van der Waals surface area contributed by atoms with Crippen LogP contribution in [0.4, 0.5) is 5.69 Å². The Morgan fingerprint density at radius 3 is 2.48 bits per heavy atom. The van der Waals surface area contributed by atoms with Crippen LogP contribution in [-0.2, 0) is 19.1 Å². The first-order chi connectivity index (χ1) is 12.7. The molecule has 1 aromatic rings. The summed E-state index contributed by atoms with van der Waals surface area (Å²) >= 11 is 0. The highest BCUT2D eigenvalue weighted by atomic mass is 16.6. The first-order valence-corrected chi connectivity index (χ1v) is 8.84. The molecule has 3 atom stereocenters. The van der Waals surface area contributed by atoms with Crippen LogP contribution in [-0.4, -0.2) is 35.7 Å². The van der Waals surface area contributed by atoms with Crippen molar-refractivity contribution in [1.29, 1.82) is 0 Å². The molecule has 0 bridgehead atoms. The number of nitrogens with zero attached hydrogens (tertiary/aromatic N) is 1. The number of nitrogens with one attached hydrogen (secondary N) is 1. The maximum absolute atomic E-state index is 12.0. The van der Waals surface area contributed by atoms with Gasteiger partial charge in [0.25, 0.3) is 5.91 Å². The number of esters is 1. The smallest absolute Gasteiger partial charge is 0.307 e. The first kappa shape index (κ1) is 20.5. The molecule has 2 rings (SSSR count). The summed E-state index contributed by atoms with van der Waals surface area (Å²) < 4.78 is 4.96. The Morgan fingerprint density at radius 1 is 1.26 bits per heavy atom. The van der Waals surface area contributed by atoms with E-state index in [4.69, 9.17) is 4.74 Å². The lowest BCUT2D eigenvalue weighted by Gasteiger charge is -2.17. The average molecular weight is 376 g/mol. The van der Waals surface area contributed by atoms with Crippen LogP contribution in [0, 0.1) is 41.7 Å². The van der Waals surface area contributed by atoms with Crippen molar-refractivity contribution in [3.8, 4) is 0 Å². The van der Waals surface area contributed by atoms with Gasteiger partial charge in [0.15, 0.2) is 6.61 Å². The number of aryl methyl sites for hydroxylation is 2. The largest absolute Gasteiger partial charge is 0.456 e. The summed E-state index contributed by atoms with van der Waals surface area (Å²) in [6.07, 6.45) is -0.0117. The number of rotatable bonds is 7. The lowest BCUT2D eigenvalue weighted by atomic mass is 9.88. The van der Waals surface area contributed by atoms with Crippen molar-refractivity contribution in [2.24, 2.45) is 17.8 Å². The van der Waals surface area contributed by atoms with Gasteiger partial charge in [0, 0.05) is 28.9 Å². The Hall–Kier alpha value is -2.77. The van der Waals surface area contributed by atoms with Crippen molar-refractivity contribution >= 4 is 23.3 Å². The predicted molar refractivity (Wildman–Crippen MR) is 97.8 cm³/mol. The molecule has 0 aromatic heterocycles. The highest BCUT2D eigenvalue weighted by Crippen LogP contribution is 2.36. The third-order valence-electron chi connectivity index (χ3n) is 4.80. The fourth-order valence-electron chi connectivity index (χ4n) is 3.63. The maximum Gasteiger partial charge on any atom is 0.307 e. The summed E-state index contributed by atoms with van der Waals surface area (Å²) in [5.41, 5.74) is 2.60. The topological polar surface area (TPSA) is 116 Å².